The zero-order valence-electron chi connectivity index (χ0n) is 19.2. The Morgan fingerprint density at radius 3 is 2.14 bits per heavy atom. The van der Waals surface area contributed by atoms with Crippen molar-refractivity contribution in [1.82, 2.24) is 14.5 Å². The van der Waals surface area contributed by atoms with Crippen LogP contribution < -0.4 is 10.3 Å². The van der Waals surface area contributed by atoms with Crippen molar-refractivity contribution in [3.63, 3.8) is 0 Å². The van der Waals surface area contributed by atoms with Crippen LogP contribution >= 0.6 is 0 Å². The van der Waals surface area contributed by atoms with Gasteiger partial charge in [0, 0.05) is 13.0 Å². The number of aryl methyl sites for hydroxylation is 1. The minimum absolute atomic E-state index is 0.0950. The standard InChI is InChI=1S/C28H24FN3O3/c1-19-30-25-16-17-31(28(34)35-23-14-12-22(29)13-15-23)18-24(25)27(33)32(19)26(20-8-4-2-5-9-20)21-10-6-3-7-11-21/h2-15,26H,16-18H2,1H3. The number of aromatic nitrogens is 2. The van der Waals surface area contributed by atoms with Gasteiger partial charge in [-0.25, -0.2) is 14.2 Å². The summed E-state index contributed by atoms with van der Waals surface area (Å²) < 4.78 is 20.3. The van der Waals surface area contributed by atoms with E-state index in [1.165, 1.54) is 29.2 Å². The highest BCUT2D eigenvalue weighted by atomic mass is 19.1. The van der Waals surface area contributed by atoms with Gasteiger partial charge in [0.15, 0.2) is 0 Å². The number of nitrogens with zero attached hydrogens (tertiary/aromatic N) is 3. The van der Waals surface area contributed by atoms with Crippen molar-refractivity contribution < 1.29 is 13.9 Å². The molecule has 0 aliphatic carbocycles. The Balaban J connectivity index is 1.51. The second-order valence-electron chi connectivity index (χ2n) is 8.48. The largest absolute Gasteiger partial charge is 0.415 e. The summed E-state index contributed by atoms with van der Waals surface area (Å²) in [5, 5.41) is 0. The molecule has 0 bridgehead atoms. The first-order valence-electron chi connectivity index (χ1n) is 11.4. The first-order valence-corrected chi connectivity index (χ1v) is 11.4. The van der Waals surface area contributed by atoms with E-state index >= 15 is 0 Å². The fraction of sp³-hybridized carbons (Fsp3) is 0.179. The molecule has 1 aromatic heterocycles. The first kappa shape index (κ1) is 22.5. The van der Waals surface area contributed by atoms with E-state index in [0.717, 1.165) is 11.1 Å². The Morgan fingerprint density at radius 1 is 0.943 bits per heavy atom. The number of hydrogen-bond donors (Lipinski definition) is 0. The maximum absolute atomic E-state index is 13.9. The fourth-order valence-corrected chi connectivity index (χ4v) is 4.50. The van der Waals surface area contributed by atoms with Crippen LogP contribution in [-0.4, -0.2) is 27.1 Å². The van der Waals surface area contributed by atoms with Crippen molar-refractivity contribution in [1.29, 1.82) is 0 Å². The lowest BCUT2D eigenvalue weighted by atomic mass is 9.97. The molecule has 1 amide bonds. The molecule has 4 aromatic rings. The molecule has 35 heavy (non-hydrogen) atoms. The van der Waals surface area contributed by atoms with Gasteiger partial charge >= 0.3 is 6.09 Å². The Kier molecular flexibility index (Phi) is 6.14. The van der Waals surface area contributed by atoms with Gasteiger partial charge in [0.2, 0.25) is 0 Å². The highest BCUT2D eigenvalue weighted by Crippen LogP contribution is 2.27. The summed E-state index contributed by atoms with van der Waals surface area (Å²) in [4.78, 5) is 32.9. The number of benzene rings is 3. The van der Waals surface area contributed by atoms with Gasteiger partial charge in [-0.1, -0.05) is 60.7 Å². The second-order valence-corrected chi connectivity index (χ2v) is 8.48. The molecule has 0 saturated heterocycles. The highest BCUT2D eigenvalue weighted by molar-refractivity contribution is 5.71. The topological polar surface area (TPSA) is 64.4 Å². The summed E-state index contributed by atoms with van der Waals surface area (Å²) >= 11 is 0. The number of fused-ring (bicyclic) bond motifs is 1. The summed E-state index contributed by atoms with van der Waals surface area (Å²) in [6, 6.07) is 24.6. The number of ether oxygens (including phenoxy) is 1. The molecule has 0 fully saturated rings. The fourth-order valence-electron chi connectivity index (χ4n) is 4.50. The van der Waals surface area contributed by atoms with Crippen LogP contribution in [0, 0.1) is 12.7 Å². The van der Waals surface area contributed by atoms with Gasteiger partial charge in [0.1, 0.15) is 17.4 Å². The molecule has 1 aliphatic heterocycles. The summed E-state index contributed by atoms with van der Waals surface area (Å²) in [6.45, 7) is 2.32. The van der Waals surface area contributed by atoms with Crippen molar-refractivity contribution in [2.75, 3.05) is 6.54 Å². The Bertz CT molecular complexity index is 1360. The monoisotopic (exact) mass is 469 g/mol. The van der Waals surface area contributed by atoms with E-state index in [1.807, 2.05) is 67.6 Å². The number of hydrogen-bond acceptors (Lipinski definition) is 4. The zero-order valence-corrected chi connectivity index (χ0v) is 19.2. The van der Waals surface area contributed by atoms with E-state index in [2.05, 4.69) is 0 Å². The van der Waals surface area contributed by atoms with Crippen LogP contribution in [-0.2, 0) is 13.0 Å². The van der Waals surface area contributed by atoms with E-state index in [9.17, 15) is 14.0 Å². The third-order valence-corrected chi connectivity index (χ3v) is 6.20. The van der Waals surface area contributed by atoms with Crippen LogP contribution in [0.15, 0.2) is 89.7 Å². The first-order chi connectivity index (χ1) is 17.0. The lowest BCUT2D eigenvalue weighted by Crippen LogP contribution is -2.43. The molecule has 7 heteroatoms. The number of carbonyl (C=O) groups is 1. The second kappa shape index (κ2) is 9.54. The molecule has 176 valence electrons. The molecular formula is C28H24FN3O3. The molecule has 5 rings (SSSR count). The van der Waals surface area contributed by atoms with Crippen LogP contribution in [0.1, 0.15) is 34.3 Å². The minimum Gasteiger partial charge on any atom is -0.410 e. The molecule has 2 heterocycles. The quantitative estimate of drug-likeness (QED) is 0.427. The maximum atomic E-state index is 13.9. The van der Waals surface area contributed by atoms with Crippen molar-refractivity contribution in [2.45, 2.75) is 25.9 Å². The molecular weight excluding hydrogens is 445 g/mol. The van der Waals surface area contributed by atoms with Crippen LogP contribution in [0.2, 0.25) is 0 Å². The van der Waals surface area contributed by atoms with Crippen molar-refractivity contribution in [3.8, 4) is 5.75 Å². The normalized spacial score (nSPS) is 12.9. The minimum atomic E-state index is -0.587. The van der Waals surface area contributed by atoms with Gasteiger partial charge in [-0.05, 0) is 42.3 Å². The van der Waals surface area contributed by atoms with Gasteiger partial charge in [-0.3, -0.25) is 9.36 Å². The predicted molar refractivity (Wildman–Crippen MR) is 130 cm³/mol. The predicted octanol–water partition coefficient (Wildman–Crippen LogP) is 4.89. The Labute approximate surface area is 202 Å². The van der Waals surface area contributed by atoms with Crippen molar-refractivity contribution >= 4 is 6.09 Å². The van der Waals surface area contributed by atoms with Gasteiger partial charge in [-0.2, -0.15) is 0 Å². The molecule has 0 atom stereocenters. The van der Waals surface area contributed by atoms with Gasteiger partial charge < -0.3 is 9.64 Å². The molecule has 0 spiro atoms. The third-order valence-electron chi connectivity index (χ3n) is 6.20. The molecule has 0 radical (unpaired) electrons. The molecule has 3 aromatic carbocycles. The molecule has 0 saturated carbocycles. The van der Waals surface area contributed by atoms with Gasteiger partial charge in [-0.15, -0.1) is 0 Å². The lowest BCUT2D eigenvalue weighted by molar-refractivity contribution is 0.146. The molecule has 6 nitrogen and oxygen atoms in total. The van der Waals surface area contributed by atoms with Crippen LogP contribution in [0.25, 0.3) is 0 Å². The average molecular weight is 470 g/mol. The highest BCUT2D eigenvalue weighted by Gasteiger charge is 2.29. The summed E-state index contributed by atoms with van der Waals surface area (Å²) in [5.41, 5.74) is 2.94. The lowest BCUT2D eigenvalue weighted by Gasteiger charge is -2.30. The smallest absolute Gasteiger partial charge is 0.410 e. The Morgan fingerprint density at radius 2 is 1.54 bits per heavy atom. The van der Waals surface area contributed by atoms with E-state index in [0.29, 0.717) is 30.0 Å². The van der Waals surface area contributed by atoms with Gasteiger partial charge in [0.25, 0.3) is 5.56 Å². The summed E-state index contributed by atoms with van der Waals surface area (Å²) in [7, 11) is 0. The van der Waals surface area contributed by atoms with E-state index in [-0.39, 0.29) is 23.9 Å². The number of halogens is 1. The third kappa shape index (κ3) is 4.57. The number of carbonyl (C=O) groups excluding carboxylic acids is 1. The molecule has 1 aliphatic rings. The van der Waals surface area contributed by atoms with Crippen LogP contribution in [0.5, 0.6) is 5.75 Å². The van der Waals surface area contributed by atoms with Crippen molar-refractivity contribution in [3.05, 3.63) is 129 Å². The van der Waals surface area contributed by atoms with Crippen LogP contribution in [0.4, 0.5) is 9.18 Å². The van der Waals surface area contributed by atoms with E-state index in [1.54, 1.807) is 4.57 Å². The average Bonchev–Trinajstić information content (AvgIpc) is 2.88. The number of rotatable bonds is 4. The number of amides is 1. The van der Waals surface area contributed by atoms with Crippen molar-refractivity contribution in [2.24, 2.45) is 0 Å². The molecule has 0 unspecified atom stereocenters. The zero-order chi connectivity index (χ0) is 24.4. The maximum Gasteiger partial charge on any atom is 0.415 e. The Hall–Kier alpha value is -4.26. The van der Waals surface area contributed by atoms with E-state index in [4.69, 9.17) is 9.72 Å². The van der Waals surface area contributed by atoms with Crippen LogP contribution in [0.3, 0.4) is 0 Å². The van der Waals surface area contributed by atoms with E-state index < -0.39 is 11.9 Å². The summed E-state index contributed by atoms with van der Waals surface area (Å²) in [5.74, 6) is 0.453. The summed E-state index contributed by atoms with van der Waals surface area (Å²) in [6.07, 6.45) is -0.136. The molecule has 0 N–H and O–H groups in total. The SMILES string of the molecule is Cc1nc2c(c(=O)n1C(c1ccccc1)c1ccccc1)CN(C(=O)Oc1ccc(F)cc1)CC2. The van der Waals surface area contributed by atoms with Gasteiger partial charge in [0.05, 0.1) is 23.8 Å².